The van der Waals surface area contributed by atoms with E-state index in [0.29, 0.717) is 18.3 Å². The fraction of sp³-hybridized carbons (Fsp3) is 0.833. The molecule has 0 aromatic heterocycles. The van der Waals surface area contributed by atoms with Crippen molar-refractivity contribution in [2.45, 2.75) is 53.0 Å². The van der Waals surface area contributed by atoms with Gasteiger partial charge in [0.1, 0.15) is 6.04 Å². The minimum absolute atomic E-state index is 0.00380. The van der Waals surface area contributed by atoms with E-state index in [1.165, 1.54) is 0 Å². The zero-order valence-electron chi connectivity index (χ0n) is 10.2. The van der Waals surface area contributed by atoms with Gasteiger partial charge in [-0.1, -0.05) is 27.7 Å². The standard InChI is InChI=1S/C12H22N2O/c1-9(2)5-6-12(15)14-11(8-13)7-10(3)4/h9-11H,5-7H2,1-4H3,(H,14,15)/t11-/m1/s1. The van der Waals surface area contributed by atoms with Gasteiger partial charge in [0.15, 0.2) is 0 Å². The van der Waals surface area contributed by atoms with E-state index in [1.807, 2.05) is 13.8 Å². The molecule has 0 aliphatic rings. The lowest BCUT2D eigenvalue weighted by molar-refractivity contribution is -0.121. The highest BCUT2D eigenvalue weighted by Gasteiger charge is 2.12. The van der Waals surface area contributed by atoms with Crippen LogP contribution in [-0.4, -0.2) is 11.9 Å². The molecule has 0 saturated heterocycles. The number of amides is 1. The number of hydrogen-bond donors (Lipinski definition) is 1. The zero-order chi connectivity index (χ0) is 11.8. The molecule has 0 spiro atoms. The SMILES string of the molecule is CC(C)CCC(=O)N[C@@H](C#N)CC(C)C. The van der Waals surface area contributed by atoms with Crippen LogP contribution in [0.1, 0.15) is 47.0 Å². The van der Waals surface area contributed by atoms with Gasteiger partial charge in [0.25, 0.3) is 0 Å². The molecule has 0 unspecified atom stereocenters. The van der Waals surface area contributed by atoms with Crippen molar-refractivity contribution in [3.05, 3.63) is 0 Å². The van der Waals surface area contributed by atoms with Crippen molar-refractivity contribution in [3.8, 4) is 6.07 Å². The topological polar surface area (TPSA) is 52.9 Å². The molecule has 0 aliphatic heterocycles. The van der Waals surface area contributed by atoms with Gasteiger partial charge in [0.2, 0.25) is 5.91 Å². The van der Waals surface area contributed by atoms with Gasteiger partial charge >= 0.3 is 0 Å². The van der Waals surface area contributed by atoms with Crippen molar-refractivity contribution in [1.82, 2.24) is 5.32 Å². The minimum atomic E-state index is -0.329. The van der Waals surface area contributed by atoms with Gasteiger partial charge in [0.05, 0.1) is 6.07 Å². The Kier molecular flexibility index (Phi) is 6.77. The van der Waals surface area contributed by atoms with E-state index in [4.69, 9.17) is 5.26 Å². The normalized spacial score (nSPS) is 12.6. The minimum Gasteiger partial charge on any atom is -0.340 e. The van der Waals surface area contributed by atoms with Crippen LogP contribution in [-0.2, 0) is 4.79 Å². The van der Waals surface area contributed by atoms with Crippen molar-refractivity contribution >= 4 is 5.91 Å². The Hall–Kier alpha value is -1.04. The molecule has 1 amide bonds. The van der Waals surface area contributed by atoms with Gasteiger partial charge in [-0.05, 0) is 24.7 Å². The summed E-state index contributed by atoms with van der Waals surface area (Å²) in [6, 6.07) is 1.79. The lowest BCUT2D eigenvalue weighted by Crippen LogP contribution is -2.34. The monoisotopic (exact) mass is 210 g/mol. The molecule has 0 saturated carbocycles. The molecule has 0 aliphatic carbocycles. The highest BCUT2D eigenvalue weighted by atomic mass is 16.1. The third kappa shape index (κ3) is 7.99. The van der Waals surface area contributed by atoms with Crippen molar-refractivity contribution < 1.29 is 4.79 Å². The summed E-state index contributed by atoms with van der Waals surface area (Å²) in [7, 11) is 0. The second kappa shape index (κ2) is 7.28. The summed E-state index contributed by atoms with van der Waals surface area (Å²) in [5.74, 6) is 0.956. The Morgan fingerprint density at radius 2 is 1.87 bits per heavy atom. The lowest BCUT2D eigenvalue weighted by Gasteiger charge is -2.13. The molecule has 3 nitrogen and oxygen atoms in total. The first-order chi connectivity index (χ1) is 6.95. The van der Waals surface area contributed by atoms with E-state index < -0.39 is 0 Å². The zero-order valence-corrected chi connectivity index (χ0v) is 10.2. The van der Waals surface area contributed by atoms with Crippen LogP contribution in [0.4, 0.5) is 0 Å². The van der Waals surface area contributed by atoms with Crippen LogP contribution >= 0.6 is 0 Å². The third-order valence-electron chi connectivity index (χ3n) is 2.15. The van der Waals surface area contributed by atoms with Crippen molar-refractivity contribution in [2.75, 3.05) is 0 Å². The Bertz CT molecular complexity index is 228. The van der Waals surface area contributed by atoms with Crippen LogP contribution in [0.5, 0.6) is 0 Å². The molecule has 1 atom stereocenters. The molecule has 3 heteroatoms. The van der Waals surface area contributed by atoms with Gasteiger partial charge in [-0.15, -0.1) is 0 Å². The van der Waals surface area contributed by atoms with E-state index in [-0.39, 0.29) is 11.9 Å². The molecular weight excluding hydrogens is 188 g/mol. The number of carbonyl (C=O) groups is 1. The summed E-state index contributed by atoms with van der Waals surface area (Å²) < 4.78 is 0. The van der Waals surface area contributed by atoms with Gasteiger partial charge in [-0.25, -0.2) is 0 Å². The number of nitrogens with one attached hydrogen (secondary N) is 1. The van der Waals surface area contributed by atoms with Gasteiger partial charge in [-0.2, -0.15) is 5.26 Å². The average molecular weight is 210 g/mol. The molecule has 0 rings (SSSR count). The summed E-state index contributed by atoms with van der Waals surface area (Å²) in [5.41, 5.74) is 0. The number of rotatable bonds is 6. The smallest absolute Gasteiger partial charge is 0.221 e. The summed E-state index contributed by atoms with van der Waals surface area (Å²) in [6.07, 6.45) is 2.13. The van der Waals surface area contributed by atoms with Crippen molar-refractivity contribution in [3.63, 3.8) is 0 Å². The number of nitriles is 1. The third-order valence-corrected chi connectivity index (χ3v) is 2.15. The maximum atomic E-state index is 11.4. The Balaban J connectivity index is 3.87. The maximum absolute atomic E-state index is 11.4. The van der Waals surface area contributed by atoms with E-state index in [0.717, 1.165) is 12.8 Å². The Labute approximate surface area is 92.9 Å². The predicted octanol–water partition coefficient (Wildman–Crippen LogP) is 2.48. The van der Waals surface area contributed by atoms with E-state index in [2.05, 4.69) is 25.2 Å². The fourth-order valence-corrected chi connectivity index (χ4v) is 1.30. The highest BCUT2D eigenvalue weighted by molar-refractivity contribution is 5.76. The molecule has 15 heavy (non-hydrogen) atoms. The van der Waals surface area contributed by atoms with Gasteiger partial charge in [-0.3, -0.25) is 4.79 Å². The first-order valence-electron chi connectivity index (χ1n) is 5.64. The fourth-order valence-electron chi connectivity index (χ4n) is 1.30. The Morgan fingerprint density at radius 3 is 2.27 bits per heavy atom. The summed E-state index contributed by atoms with van der Waals surface area (Å²) in [4.78, 5) is 11.4. The van der Waals surface area contributed by atoms with E-state index in [9.17, 15) is 4.79 Å². The second-order valence-electron chi connectivity index (χ2n) is 4.81. The van der Waals surface area contributed by atoms with Crippen LogP contribution in [0.15, 0.2) is 0 Å². The average Bonchev–Trinajstić information content (AvgIpc) is 2.13. The van der Waals surface area contributed by atoms with Crippen LogP contribution in [0, 0.1) is 23.2 Å². The predicted molar refractivity (Wildman–Crippen MR) is 61.1 cm³/mol. The first kappa shape index (κ1) is 14.0. The van der Waals surface area contributed by atoms with E-state index in [1.54, 1.807) is 0 Å². The number of nitrogens with zero attached hydrogens (tertiary/aromatic N) is 1. The number of hydrogen-bond acceptors (Lipinski definition) is 2. The molecule has 0 bridgehead atoms. The van der Waals surface area contributed by atoms with Gasteiger partial charge in [0, 0.05) is 6.42 Å². The Morgan fingerprint density at radius 1 is 1.27 bits per heavy atom. The summed E-state index contributed by atoms with van der Waals surface area (Å²) in [6.45, 7) is 8.27. The molecule has 86 valence electrons. The molecular formula is C12H22N2O. The summed E-state index contributed by atoms with van der Waals surface area (Å²) in [5, 5.41) is 11.6. The van der Waals surface area contributed by atoms with Crippen molar-refractivity contribution in [1.29, 1.82) is 5.26 Å². The molecule has 0 aromatic rings. The molecule has 1 N–H and O–H groups in total. The first-order valence-corrected chi connectivity index (χ1v) is 5.64. The van der Waals surface area contributed by atoms with E-state index >= 15 is 0 Å². The van der Waals surface area contributed by atoms with Crippen LogP contribution < -0.4 is 5.32 Å². The molecule has 0 fully saturated rings. The van der Waals surface area contributed by atoms with Crippen LogP contribution in [0.2, 0.25) is 0 Å². The molecule has 0 radical (unpaired) electrons. The molecule has 0 aromatic carbocycles. The largest absolute Gasteiger partial charge is 0.340 e. The summed E-state index contributed by atoms with van der Waals surface area (Å²) >= 11 is 0. The molecule has 0 heterocycles. The quantitative estimate of drug-likeness (QED) is 0.732. The highest BCUT2D eigenvalue weighted by Crippen LogP contribution is 2.06. The van der Waals surface area contributed by atoms with Crippen LogP contribution in [0.3, 0.4) is 0 Å². The second-order valence-corrected chi connectivity index (χ2v) is 4.81. The van der Waals surface area contributed by atoms with Crippen molar-refractivity contribution in [2.24, 2.45) is 11.8 Å². The van der Waals surface area contributed by atoms with Gasteiger partial charge < -0.3 is 5.32 Å². The lowest BCUT2D eigenvalue weighted by atomic mass is 10.0. The van der Waals surface area contributed by atoms with Crippen LogP contribution in [0.25, 0.3) is 0 Å². The number of carbonyl (C=O) groups excluding carboxylic acids is 1. The maximum Gasteiger partial charge on any atom is 0.221 e.